The van der Waals surface area contributed by atoms with Crippen molar-refractivity contribution < 1.29 is 14.1 Å². The Kier molecular flexibility index (Phi) is 4.14. The second-order valence-corrected chi connectivity index (χ2v) is 4.41. The number of rotatable bonds is 4. The molecule has 0 bridgehead atoms. The fourth-order valence-electron chi connectivity index (χ4n) is 1.81. The number of ether oxygens (including phenoxy) is 1. The average molecular weight is 286 g/mol. The van der Waals surface area contributed by atoms with Crippen molar-refractivity contribution in [2.24, 2.45) is 0 Å². The molecule has 0 aliphatic carbocycles. The van der Waals surface area contributed by atoms with E-state index in [2.05, 4.69) is 0 Å². The molecule has 2 rings (SSSR count). The van der Waals surface area contributed by atoms with E-state index in [1.807, 2.05) is 13.0 Å². The standard InChI is InChI=1S/C15H11FN2O3/c1-10-6-11(8-17)2-3-12(10)9-21-13-4-5-15(18(19)20)14(16)7-13/h2-7H,9H2,1H3. The third kappa shape index (κ3) is 3.34. The predicted molar refractivity (Wildman–Crippen MR) is 73.3 cm³/mol. The first kappa shape index (κ1) is 14.5. The van der Waals surface area contributed by atoms with Crippen molar-refractivity contribution in [1.29, 1.82) is 5.26 Å². The Hall–Kier alpha value is -2.94. The van der Waals surface area contributed by atoms with Gasteiger partial charge in [0.1, 0.15) is 12.4 Å². The van der Waals surface area contributed by atoms with E-state index < -0.39 is 16.4 Å². The van der Waals surface area contributed by atoms with Crippen LogP contribution in [0.25, 0.3) is 0 Å². The van der Waals surface area contributed by atoms with Crippen LogP contribution in [0.5, 0.6) is 5.75 Å². The summed E-state index contributed by atoms with van der Waals surface area (Å²) in [6, 6.07) is 10.6. The lowest BCUT2D eigenvalue weighted by Gasteiger charge is -2.09. The summed E-state index contributed by atoms with van der Waals surface area (Å²) in [5, 5.41) is 19.3. The minimum Gasteiger partial charge on any atom is -0.489 e. The molecule has 0 fully saturated rings. The van der Waals surface area contributed by atoms with Crippen molar-refractivity contribution >= 4 is 5.69 Å². The molecule has 0 aromatic heterocycles. The van der Waals surface area contributed by atoms with E-state index >= 15 is 0 Å². The van der Waals surface area contributed by atoms with Gasteiger partial charge in [0, 0.05) is 12.1 Å². The van der Waals surface area contributed by atoms with Crippen LogP contribution in [0, 0.1) is 34.2 Å². The monoisotopic (exact) mass is 286 g/mol. The van der Waals surface area contributed by atoms with Gasteiger partial charge in [0.2, 0.25) is 5.82 Å². The van der Waals surface area contributed by atoms with Crippen LogP contribution in [0.1, 0.15) is 16.7 Å². The quantitative estimate of drug-likeness (QED) is 0.636. The predicted octanol–water partition coefficient (Wildman–Crippen LogP) is 3.49. The number of nitrogens with zero attached hydrogens (tertiary/aromatic N) is 2. The molecule has 0 aliphatic rings. The Balaban J connectivity index is 2.12. The lowest BCUT2D eigenvalue weighted by atomic mass is 10.1. The largest absolute Gasteiger partial charge is 0.489 e. The van der Waals surface area contributed by atoms with Crippen LogP contribution < -0.4 is 4.74 Å². The first-order chi connectivity index (χ1) is 10.0. The van der Waals surface area contributed by atoms with Gasteiger partial charge in [-0.05, 0) is 36.2 Å². The molecule has 21 heavy (non-hydrogen) atoms. The molecular weight excluding hydrogens is 275 g/mol. The maximum Gasteiger partial charge on any atom is 0.305 e. The van der Waals surface area contributed by atoms with Crippen molar-refractivity contribution in [3.05, 3.63) is 69.0 Å². The minimum absolute atomic E-state index is 0.189. The van der Waals surface area contributed by atoms with Crippen LogP contribution in [-0.2, 0) is 6.61 Å². The molecule has 106 valence electrons. The summed E-state index contributed by atoms with van der Waals surface area (Å²) in [4.78, 5) is 9.73. The number of aryl methyl sites for hydroxylation is 1. The first-order valence-electron chi connectivity index (χ1n) is 6.07. The molecular formula is C15H11FN2O3. The normalized spacial score (nSPS) is 9.95. The van der Waals surface area contributed by atoms with Gasteiger partial charge in [-0.2, -0.15) is 9.65 Å². The van der Waals surface area contributed by atoms with Crippen LogP contribution in [0.4, 0.5) is 10.1 Å². The van der Waals surface area contributed by atoms with Gasteiger partial charge in [-0.15, -0.1) is 0 Å². The highest BCUT2D eigenvalue weighted by molar-refractivity contribution is 5.39. The SMILES string of the molecule is Cc1cc(C#N)ccc1COc1ccc([N+](=O)[O-])c(F)c1. The number of hydrogen-bond acceptors (Lipinski definition) is 4. The fraction of sp³-hybridized carbons (Fsp3) is 0.133. The summed E-state index contributed by atoms with van der Waals surface area (Å²) >= 11 is 0. The number of nitriles is 1. The number of hydrogen-bond donors (Lipinski definition) is 0. The van der Waals surface area contributed by atoms with Crippen LogP contribution in [0.15, 0.2) is 36.4 Å². The van der Waals surface area contributed by atoms with Crippen molar-refractivity contribution in [2.45, 2.75) is 13.5 Å². The molecule has 0 N–H and O–H groups in total. The van der Waals surface area contributed by atoms with E-state index in [-0.39, 0.29) is 12.4 Å². The molecule has 0 aliphatic heterocycles. The maximum absolute atomic E-state index is 13.4. The Morgan fingerprint density at radius 2 is 2.10 bits per heavy atom. The van der Waals surface area contributed by atoms with Gasteiger partial charge in [-0.25, -0.2) is 0 Å². The Morgan fingerprint density at radius 3 is 2.67 bits per heavy atom. The summed E-state index contributed by atoms with van der Waals surface area (Å²) in [5.74, 6) is -0.726. The second kappa shape index (κ2) is 6.01. The van der Waals surface area contributed by atoms with Gasteiger partial charge in [0.15, 0.2) is 0 Å². The van der Waals surface area contributed by atoms with Gasteiger partial charge in [-0.1, -0.05) is 6.07 Å². The topological polar surface area (TPSA) is 76.2 Å². The summed E-state index contributed by atoms with van der Waals surface area (Å²) in [7, 11) is 0. The summed E-state index contributed by atoms with van der Waals surface area (Å²) < 4.78 is 18.9. The highest BCUT2D eigenvalue weighted by Gasteiger charge is 2.14. The van der Waals surface area contributed by atoms with Gasteiger partial charge < -0.3 is 4.74 Å². The Bertz CT molecular complexity index is 738. The van der Waals surface area contributed by atoms with Crippen molar-refractivity contribution in [3.63, 3.8) is 0 Å². The molecule has 0 saturated heterocycles. The van der Waals surface area contributed by atoms with Crippen molar-refractivity contribution in [1.82, 2.24) is 0 Å². The zero-order chi connectivity index (χ0) is 15.4. The van der Waals surface area contributed by atoms with Crippen LogP contribution in [0.2, 0.25) is 0 Å². The summed E-state index contributed by atoms with van der Waals surface area (Å²) in [6.45, 7) is 2.03. The third-order valence-corrected chi connectivity index (χ3v) is 2.98. The van der Waals surface area contributed by atoms with E-state index in [9.17, 15) is 14.5 Å². The lowest BCUT2D eigenvalue weighted by molar-refractivity contribution is -0.387. The van der Waals surface area contributed by atoms with Crippen LogP contribution in [0.3, 0.4) is 0 Å². The smallest absolute Gasteiger partial charge is 0.305 e. The molecule has 0 heterocycles. The van der Waals surface area contributed by atoms with E-state index in [0.29, 0.717) is 5.56 Å². The summed E-state index contributed by atoms with van der Waals surface area (Å²) in [6.07, 6.45) is 0. The van der Waals surface area contributed by atoms with Crippen molar-refractivity contribution in [3.8, 4) is 11.8 Å². The van der Waals surface area contributed by atoms with Crippen molar-refractivity contribution in [2.75, 3.05) is 0 Å². The molecule has 5 nitrogen and oxygen atoms in total. The van der Waals surface area contributed by atoms with Crippen LogP contribution in [-0.4, -0.2) is 4.92 Å². The van der Waals surface area contributed by atoms with E-state index in [1.54, 1.807) is 18.2 Å². The zero-order valence-electron chi connectivity index (χ0n) is 11.2. The second-order valence-electron chi connectivity index (χ2n) is 4.41. The highest BCUT2D eigenvalue weighted by atomic mass is 19.1. The number of nitro benzene ring substituents is 1. The Morgan fingerprint density at radius 1 is 1.33 bits per heavy atom. The summed E-state index contributed by atoms with van der Waals surface area (Å²) in [5.41, 5.74) is 1.71. The molecule has 0 spiro atoms. The zero-order valence-corrected chi connectivity index (χ0v) is 11.2. The molecule has 0 atom stereocenters. The lowest BCUT2D eigenvalue weighted by Crippen LogP contribution is -1.99. The van der Waals surface area contributed by atoms with E-state index in [4.69, 9.17) is 10.00 Å². The molecule has 2 aromatic rings. The molecule has 0 radical (unpaired) electrons. The molecule has 0 unspecified atom stereocenters. The molecule has 6 heteroatoms. The minimum atomic E-state index is -0.936. The number of halogens is 1. The maximum atomic E-state index is 13.4. The van der Waals surface area contributed by atoms with Gasteiger partial charge in [-0.3, -0.25) is 10.1 Å². The number of benzene rings is 2. The van der Waals surface area contributed by atoms with Gasteiger partial charge in [0.25, 0.3) is 0 Å². The average Bonchev–Trinajstić information content (AvgIpc) is 2.45. The highest BCUT2D eigenvalue weighted by Crippen LogP contribution is 2.23. The fourth-order valence-corrected chi connectivity index (χ4v) is 1.81. The van der Waals surface area contributed by atoms with E-state index in [0.717, 1.165) is 23.3 Å². The third-order valence-electron chi connectivity index (χ3n) is 2.98. The van der Waals surface area contributed by atoms with Crippen LogP contribution >= 0.6 is 0 Å². The molecule has 0 amide bonds. The Labute approximate surface area is 120 Å². The van der Waals surface area contributed by atoms with Gasteiger partial charge >= 0.3 is 5.69 Å². The molecule has 2 aromatic carbocycles. The van der Waals surface area contributed by atoms with Gasteiger partial charge in [0.05, 0.1) is 16.6 Å². The molecule has 0 saturated carbocycles. The van der Waals surface area contributed by atoms with E-state index in [1.165, 1.54) is 6.07 Å². The first-order valence-corrected chi connectivity index (χ1v) is 6.07. The number of nitro groups is 1.